The molecule has 0 unspecified atom stereocenters. The van der Waals surface area contributed by atoms with E-state index in [0.29, 0.717) is 23.4 Å². The molecule has 33 heavy (non-hydrogen) atoms. The number of aromatic nitrogens is 7. The molecule has 8 heteroatoms. The summed E-state index contributed by atoms with van der Waals surface area (Å²) in [4.78, 5) is 22.2. The molecule has 2 aromatic carbocycles. The van der Waals surface area contributed by atoms with Gasteiger partial charge in [0.2, 0.25) is 0 Å². The van der Waals surface area contributed by atoms with Crippen molar-refractivity contribution in [1.29, 1.82) is 0 Å². The summed E-state index contributed by atoms with van der Waals surface area (Å²) in [5, 5.41) is 14.3. The molecule has 1 N–H and O–H groups in total. The first-order valence-corrected chi connectivity index (χ1v) is 11.0. The van der Waals surface area contributed by atoms with E-state index < -0.39 is 0 Å². The van der Waals surface area contributed by atoms with Crippen molar-refractivity contribution in [3.8, 4) is 22.5 Å². The van der Waals surface area contributed by atoms with Crippen molar-refractivity contribution >= 4 is 11.0 Å². The first-order valence-electron chi connectivity index (χ1n) is 11.0. The first kappa shape index (κ1) is 20.7. The summed E-state index contributed by atoms with van der Waals surface area (Å²) >= 11 is 0. The quantitative estimate of drug-likeness (QED) is 0.412. The van der Waals surface area contributed by atoms with E-state index in [2.05, 4.69) is 44.7 Å². The summed E-state index contributed by atoms with van der Waals surface area (Å²) in [5.74, 6) is 1.42. The standard InChI is InChI=1S/C25H23N7O/c1-2-3-10-22-27-21-9-6-15-26-23(21)25(33)32(22)16-17-11-13-18(14-12-17)19-7-4-5-8-20(19)24-28-30-31-29-24/h4-9,11-15H,2-3,10,16H2,1H3,(H,28,29,30,31). The molecule has 0 radical (unpaired) electrons. The Balaban J connectivity index is 1.50. The number of unbranched alkanes of at least 4 members (excludes halogenated alkanes) is 1. The lowest BCUT2D eigenvalue weighted by molar-refractivity contribution is 0.645. The van der Waals surface area contributed by atoms with Gasteiger partial charge in [-0.25, -0.2) is 15.1 Å². The molecule has 0 amide bonds. The number of pyridine rings is 1. The van der Waals surface area contributed by atoms with Gasteiger partial charge in [0.25, 0.3) is 5.56 Å². The Morgan fingerprint density at radius 3 is 2.55 bits per heavy atom. The minimum atomic E-state index is -0.0982. The van der Waals surface area contributed by atoms with Gasteiger partial charge < -0.3 is 0 Å². The largest absolute Gasteiger partial charge is 0.290 e. The van der Waals surface area contributed by atoms with E-state index in [0.717, 1.165) is 47.3 Å². The minimum Gasteiger partial charge on any atom is -0.290 e. The highest BCUT2D eigenvalue weighted by Gasteiger charge is 2.13. The Morgan fingerprint density at radius 2 is 1.79 bits per heavy atom. The SMILES string of the molecule is CCCCc1nc2cccnc2c(=O)n1Cc1ccc(-c2ccccc2-c2nnn[nH]2)cc1. The van der Waals surface area contributed by atoms with Crippen molar-refractivity contribution in [1.82, 2.24) is 35.2 Å². The average molecular weight is 438 g/mol. The topological polar surface area (TPSA) is 102 Å². The van der Waals surface area contributed by atoms with Crippen LogP contribution in [0.5, 0.6) is 0 Å². The van der Waals surface area contributed by atoms with E-state index >= 15 is 0 Å². The second kappa shape index (κ2) is 9.12. The molecule has 0 saturated carbocycles. The molecule has 0 aliphatic carbocycles. The zero-order valence-corrected chi connectivity index (χ0v) is 18.3. The molecule has 164 valence electrons. The van der Waals surface area contributed by atoms with E-state index in [-0.39, 0.29) is 5.56 Å². The van der Waals surface area contributed by atoms with E-state index in [1.54, 1.807) is 10.8 Å². The number of fused-ring (bicyclic) bond motifs is 1. The van der Waals surface area contributed by atoms with Crippen LogP contribution in [0.15, 0.2) is 71.7 Å². The zero-order chi connectivity index (χ0) is 22.6. The van der Waals surface area contributed by atoms with Crippen LogP contribution in [0, 0.1) is 0 Å². The van der Waals surface area contributed by atoms with Gasteiger partial charge in [-0.1, -0.05) is 61.9 Å². The number of nitrogens with one attached hydrogen (secondary N) is 1. The molecular weight excluding hydrogens is 414 g/mol. The van der Waals surface area contributed by atoms with Gasteiger partial charge in [0.1, 0.15) is 5.82 Å². The van der Waals surface area contributed by atoms with Gasteiger partial charge in [-0.05, 0) is 45.7 Å². The van der Waals surface area contributed by atoms with Crippen molar-refractivity contribution in [2.24, 2.45) is 0 Å². The van der Waals surface area contributed by atoms with Gasteiger partial charge >= 0.3 is 0 Å². The molecule has 3 aromatic heterocycles. The van der Waals surface area contributed by atoms with E-state index in [1.807, 2.05) is 48.5 Å². The van der Waals surface area contributed by atoms with Gasteiger partial charge in [0.05, 0.1) is 12.1 Å². The summed E-state index contributed by atoms with van der Waals surface area (Å²) in [6.45, 7) is 2.59. The van der Waals surface area contributed by atoms with Crippen LogP contribution < -0.4 is 5.56 Å². The van der Waals surface area contributed by atoms with Crippen LogP contribution in [0.2, 0.25) is 0 Å². The molecule has 0 bridgehead atoms. The molecule has 0 fully saturated rings. The fraction of sp³-hybridized carbons (Fsp3) is 0.200. The van der Waals surface area contributed by atoms with E-state index in [1.165, 1.54) is 0 Å². The Labute approximate surface area is 190 Å². The smallest absolute Gasteiger partial charge is 0.280 e. The molecule has 0 saturated heterocycles. The third-order valence-electron chi connectivity index (χ3n) is 5.68. The predicted octanol–water partition coefficient (Wildman–Crippen LogP) is 4.03. The van der Waals surface area contributed by atoms with Crippen molar-refractivity contribution in [2.45, 2.75) is 32.7 Å². The number of nitrogens with zero attached hydrogens (tertiary/aromatic N) is 6. The Morgan fingerprint density at radius 1 is 0.970 bits per heavy atom. The normalized spacial score (nSPS) is 11.2. The van der Waals surface area contributed by atoms with Crippen LogP contribution in [0.1, 0.15) is 31.2 Å². The van der Waals surface area contributed by atoms with Gasteiger partial charge in [0, 0.05) is 18.2 Å². The number of tetrazole rings is 1. The van der Waals surface area contributed by atoms with Crippen molar-refractivity contribution in [3.05, 3.63) is 88.6 Å². The minimum absolute atomic E-state index is 0.0982. The molecule has 0 aliphatic heterocycles. The van der Waals surface area contributed by atoms with Gasteiger partial charge in [0.15, 0.2) is 11.3 Å². The summed E-state index contributed by atoms with van der Waals surface area (Å²) in [7, 11) is 0. The third-order valence-corrected chi connectivity index (χ3v) is 5.68. The van der Waals surface area contributed by atoms with Crippen LogP contribution in [0.3, 0.4) is 0 Å². The zero-order valence-electron chi connectivity index (χ0n) is 18.3. The number of aromatic amines is 1. The fourth-order valence-corrected chi connectivity index (χ4v) is 3.97. The molecule has 0 spiro atoms. The maximum Gasteiger partial charge on any atom is 0.280 e. The van der Waals surface area contributed by atoms with Crippen molar-refractivity contribution in [3.63, 3.8) is 0 Å². The number of hydrogen-bond acceptors (Lipinski definition) is 6. The van der Waals surface area contributed by atoms with Crippen molar-refractivity contribution < 1.29 is 0 Å². The van der Waals surface area contributed by atoms with E-state index in [9.17, 15) is 4.79 Å². The van der Waals surface area contributed by atoms with Crippen LogP contribution in [0.4, 0.5) is 0 Å². The third kappa shape index (κ3) is 4.15. The number of hydrogen-bond donors (Lipinski definition) is 1. The van der Waals surface area contributed by atoms with Gasteiger partial charge in [-0.15, -0.1) is 5.10 Å². The lowest BCUT2D eigenvalue weighted by atomic mass is 9.98. The van der Waals surface area contributed by atoms with Gasteiger partial charge in [-0.3, -0.25) is 9.36 Å². The predicted molar refractivity (Wildman–Crippen MR) is 127 cm³/mol. The monoisotopic (exact) mass is 437 g/mol. The number of rotatable bonds is 7. The molecule has 0 aliphatic rings. The second-order valence-electron chi connectivity index (χ2n) is 7.89. The van der Waals surface area contributed by atoms with Crippen molar-refractivity contribution in [2.75, 3.05) is 0 Å². The van der Waals surface area contributed by atoms with Crippen LogP contribution in [0.25, 0.3) is 33.5 Å². The number of benzene rings is 2. The highest BCUT2D eigenvalue weighted by Crippen LogP contribution is 2.29. The molecular formula is C25H23N7O. The van der Waals surface area contributed by atoms with Crippen LogP contribution in [-0.2, 0) is 13.0 Å². The molecule has 5 rings (SSSR count). The van der Waals surface area contributed by atoms with Crippen LogP contribution in [-0.4, -0.2) is 35.2 Å². The highest BCUT2D eigenvalue weighted by molar-refractivity contribution is 5.80. The lowest BCUT2D eigenvalue weighted by Crippen LogP contribution is -2.26. The summed E-state index contributed by atoms with van der Waals surface area (Å²) in [6, 6.07) is 19.8. The molecule has 0 atom stereocenters. The lowest BCUT2D eigenvalue weighted by Gasteiger charge is -2.14. The second-order valence-corrected chi connectivity index (χ2v) is 7.89. The molecule has 5 aromatic rings. The highest BCUT2D eigenvalue weighted by atomic mass is 16.1. The summed E-state index contributed by atoms with van der Waals surface area (Å²) < 4.78 is 1.76. The fourth-order valence-electron chi connectivity index (χ4n) is 3.97. The van der Waals surface area contributed by atoms with Crippen LogP contribution >= 0.6 is 0 Å². The number of aryl methyl sites for hydroxylation is 1. The van der Waals surface area contributed by atoms with Gasteiger partial charge in [-0.2, -0.15) is 0 Å². The maximum atomic E-state index is 13.2. The molecule has 8 nitrogen and oxygen atoms in total. The summed E-state index contributed by atoms with van der Waals surface area (Å²) in [5.41, 5.74) is 4.98. The van der Waals surface area contributed by atoms with E-state index in [4.69, 9.17) is 4.98 Å². The number of H-pyrrole nitrogens is 1. The Bertz CT molecular complexity index is 1440. The Kier molecular flexibility index (Phi) is 5.72. The average Bonchev–Trinajstić information content (AvgIpc) is 3.40. The maximum absolute atomic E-state index is 13.2. The summed E-state index contributed by atoms with van der Waals surface area (Å²) in [6.07, 6.45) is 4.41. The molecule has 3 heterocycles. The first-order chi connectivity index (χ1) is 16.2. The Hall–Kier alpha value is -4.20.